The van der Waals surface area contributed by atoms with Gasteiger partial charge in [-0.05, 0) is 44.4 Å². The summed E-state index contributed by atoms with van der Waals surface area (Å²) >= 11 is 0. The van der Waals surface area contributed by atoms with E-state index in [1.807, 2.05) is 0 Å². The second kappa shape index (κ2) is 7.48. The van der Waals surface area contributed by atoms with Crippen LogP contribution in [0.4, 0.5) is 0 Å². The zero-order valence-corrected chi connectivity index (χ0v) is 14.0. The van der Waals surface area contributed by atoms with Gasteiger partial charge in [-0.1, -0.05) is 0 Å². The highest BCUT2D eigenvalue weighted by atomic mass is 16.5. The molecular weight excluding hydrogens is 290 g/mol. The minimum absolute atomic E-state index is 0.162. The molecule has 2 saturated heterocycles. The Hall–Kier alpha value is -1.35. The van der Waals surface area contributed by atoms with Crippen molar-refractivity contribution < 1.29 is 9.47 Å². The van der Waals surface area contributed by atoms with Gasteiger partial charge in [-0.15, -0.1) is 0 Å². The van der Waals surface area contributed by atoms with Crippen LogP contribution >= 0.6 is 0 Å². The van der Waals surface area contributed by atoms with Gasteiger partial charge in [-0.25, -0.2) is 0 Å². The molecule has 0 aliphatic carbocycles. The third kappa shape index (κ3) is 3.77. The molecule has 5 heteroatoms. The lowest BCUT2D eigenvalue weighted by atomic mass is 9.78. The Labute approximate surface area is 138 Å². The molecule has 2 fully saturated rings. The number of aromatic nitrogens is 1. The van der Waals surface area contributed by atoms with E-state index in [0.29, 0.717) is 6.04 Å². The average Bonchev–Trinajstić information content (AvgIpc) is 3.02. The van der Waals surface area contributed by atoms with Crippen LogP contribution in [0.3, 0.4) is 0 Å². The number of nitrogens with zero attached hydrogens (tertiary/aromatic N) is 3. The molecule has 0 bridgehead atoms. The van der Waals surface area contributed by atoms with E-state index in [0.717, 1.165) is 65.2 Å². The van der Waals surface area contributed by atoms with Gasteiger partial charge in [0.2, 0.25) is 0 Å². The summed E-state index contributed by atoms with van der Waals surface area (Å²) in [4.78, 5) is 2.52. The van der Waals surface area contributed by atoms with E-state index in [-0.39, 0.29) is 5.41 Å². The van der Waals surface area contributed by atoms with Gasteiger partial charge in [0, 0.05) is 38.7 Å². The van der Waals surface area contributed by atoms with Crippen molar-refractivity contribution in [3.63, 3.8) is 0 Å². The smallest absolute Gasteiger partial charge is 0.0738 e. The molecule has 126 valence electrons. The SMILES string of the molecule is Cn1cccc1C1COCCN1CCCC1(C#N)CCOCC1. The second-order valence-electron chi connectivity index (χ2n) is 6.78. The number of hydrogen-bond donors (Lipinski definition) is 0. The summed E-state index contributed by atoms with van der Waals surface area (Å²) in [6.07, 6.45) is 5.90. The lowest BCUT2D eigenvalue weighted by Crippen LogP contribution is -2.41. The van der Waals surface area contributed by atoms with Crippen molar-refractivity contribution in [2.45, 2.75) is 31.7 Å². The minimum Gasteiger partial charge on any atom is -0.381 e. The first kappa shape index (κ1) is 16.5. The molecule has 23 heavy (non-hydrogen) atoms. The van der Waals surface area contributed by atoms with Gasteiger partial charge in [0.05, 0.1) is 30.7 Å². The Morgan fingerprint density at radius 2 is 2.13 bits per heavy atom. The summed E-state index contributed by atoms with van der Waals surface area (Å²) in [6.45, 7) is 5.03. The molecule has 1 aromatic rings. The van der Waals surface area contributed by atoms with Crippen molar-refractivity contribution >= 4 is 0 Å². The summed E-state index contributed by atoms with van der Waals surface area (Å²) in [5.74, 6) is 0. The Balaban J connectivity index is 1.57. The maximum Gasteiger partial charge on any atom is 0.0738 e. The Morgan fingerprint density at radius 1 is 1.30 bits per heavy atom. The Morgan fingerprint density at radius 3 is 2.83 bits per heavy atom. The third-order valence-corrected chi connectivity index (χ3v) is 5.35. The molecule has 3 rings (SSSR count). The predicted octanol–water partition coefficient (Wildman–Crippen LogP) is 2.50. The van der Waals surface area contributed by atoms with Crippen molar-refractivity contribution in [1.82, 2.24) is 9.47 Å². The van der Waals surface area contributed by atoms with E-state index in [1.165, 1.54) is 5.69 Å². The molecule has 1 atom stereocenters. The molecule has 5 nitrogen and oxygen atoms in total. The van der Waals surface area contributed by atoms with E-state index in [1.54, 1.807) is 0 Å². The topological polar surface area (TPSA) is 50.4 Å². The van der Waals surface area contributed by atoms with Crippen molar-refractivity contribution in [2.24, 2.45) is 12.5 Å². The first-order valence-corrected chi connectivity index (χ1v) is 8.66. The van der Waals surface area contributed by atoms with Crippen LogP contribution in [0.5, 0.6) is 0 Å². The van der Waals surface area contributed by atoms with Gasteiger partial charge in [-0.2, -0.15) is 5.26 Å². The Kier molecular flexibility index (Phi) is 5.37. The fourth-order valence-electron chi connectivity index (χ4n) is 3.80. The van der Waals surface area contributed by atoms with Crippen molar-refractivity contribution in [3.8, 4) is 6.07 Å². The van der Waals surface area contributed by atoms with Crippen LogP contribution in [0, 0.1) is 16.7 Å². The highest BCUT2D eigenvalue weighted by Gasteiger charge is 2.33. The summed E-state index contributed by atoms with van der Waals surface area (Å²) in [7, 11) is 2.09. The number of nitriles is 1. The monoisotopic (exact) mass is 317 g/mol. The van der Waals surface area contributed by atoms with Crippen LogP contribution in [0.2, 0.25) is 0 Å². The summed E-state index contributed by atoms with van der Waals surface area (Å²) in [5.41, 5.74) is 1.15. The number of hydrogen-bond acceptors (Lipinski definition) is 4. The molecule has 3 heterocycles. The largest absolute Gasteiger partial charge is 0.381 e. The standard InChI is InChI=1S/C18H27N3O2/c1-20-8-2-4-16(20)17-14-23-13-10-21(17)9-3-5-18(15-19)6-11-22-12-7-18/h2,4,8,17H,3,5-7,9-14H2,1H3. The molecule has 1 aromatic heterocycles. The zero-order chi connectivity index (χ0) is 16.1. The van der Waals surface area contributed by atoms with Gasteiger partial charge in [0.25, 0.3) is 0 Å². The first-order chi connectivity index (χ1) is 11.2. The third-order valence-electron chi connectivity index (χ3n) is 5.35. The van der Waals surface area contributed by atoms with Crippen LogP contribution < -0.4 is 0 Å². The molecule has 0 aromatic carbocycles. The molecule has 0 amide bonds. The van der Waals surface area contributed by atoms with Crippen LogP contribution in [-0.4, -0.2) is 49.0 Å². The van der Waals surface area contributed by atoms with E-state index in [2.05, 4.69) is 40.9 Å². The second-order valence-corrected chi connectivity index (χ2v) is 6.78. The van der Waals surface area contributed by atoms with Crippen molar-refractivity contribution in [3.05, 3.63) is 24.0 Å². The number of rotatable bonds is 5. The van der Waals surface area contributed by atoms with Crippen molar-refractivity contribution in [2.75, 3.05) is 39.5 Å². The van der Waals surface area contributed by atoms with Gasteiger partial charge < -0.3 is 14.0 Å². The maximum atomic E-state index is 9.57. The normalized spacial score (nSPS) is 25.1. The molecule has 0 spiro atoms. The zero-order valence-electron chi connectivity index (χ0n) is 14.0. The van der Waals surface area contributed by atoms with Crippen LogP contribution in [0.1, 0.15) is 37.4 Å². The quantitative estimate of drug-likeness (QED) is 0.837. The number of morpholine rings is 1. The summed E-state index contributed by atoms with van der Waals surface area (Å²) < 4.78 is 13.3. The van der Waals surface area contributed by atoms with E-state index >= 15 is 0 Å². The van der Waals surface area contributed by atoms with Crippen molar-refractivity contribution in [1.29, 1.82) is 5.26 Å². The first-order valence-electron chi connectivity index (χ1n) is 8.66. The molecule has 2 aliphatic rings. The van der Waals surface area contributed by atoms with E-state index < -0.39 is 0 Å². The van der Waals surface area contributed by atoms with E-state index in [4.69, 9.17) is 9.47 Å². The van der Waals surface area contributed by atoms with Crippen LogP contribution in [-0.2, 0) is 16.5 Å². The maximum absolute atomic E-state index is 9.57. The summed E-state index contributed by atoms with van der Waals surface area (Å²) in [6, 6.07) is 7.18. The summed E-state index contributed by atoms with van der Waals surface area (Å²) in [5, 5.41) is 9.57. The molecule has 0 saturated carbocycles. The van der Waals surface area contributed by atoms with Gasteiger partial charge in [0.15, 0.2) is 0 Å². The van der Waals surface area contributed by atoms with Gasteiger partial charge >= 0.3 is 0 Å². The number of ether oxygens (including phenoxy) is 2. The van der Waals surface area contributed by atoms with Gasteiger partial charge in [-0.3, -0.25) is 4.90 Å². The van der Waals surface area contributed by atoms with Crippen LogP contribution in [0.15, 0.2) is 18.3 Å². The van der Waals surface area contributed by atoms with Crippen LogP contribution in [0.25, 0.3) is 0 Å². The molecule has 2 aliphatic heterocycles. The predicted molar refractivity (Wildman–Crippen MR) is 87.9 cm³/mol. The molecular formula is C18H27N3O2. The molecule has 0 radical (unpaired) electrons. The highest BCUT2D eigenvalue weighted by molar-refractivity contribution is 5.12. The lowest BCUT2D eigenvalue weighted by Gasteiger charge is -2.37. The average molecular weight is 317 g/mol. The fraction of sp³-hybridized carbons (Fsp3) is 0.722. The molecule has 0 N–H and O–H groups in total. The Bertz CT molecular complexity index is 543. The lowest BCUT2D eigenvalue weighted by molar-refractivity contribution is -0.0145. The fourth-order valence-corrected chi connectivity index (χ4v) is 3.80. The van der Waals surface area contributed by atoms with E-state index in [9.17, 15) is 5.26 Å². The van der Waals surface area contributed by atoms with Gasteiger partial charge in [0.1, 0.15) is 0 Å². The molecule has 1 unspecified atom stereocenters. The highest BCUT2D eigenvalue weighted by Crippen LogP contribution is 2.35. The minimum atomic E-state index is -0.162. The number of aryl methyl sites for hydroxylation is 1.